The van der Waals surface area contributed by atoms with Crippen LogP contribution in [0.4, 0.5) is 19.7 Å². The van der Waals surface area contributed by atoms with Gasteiger partial charge in [0, 0.05) is 24.8 Å². The Balaban J connectivity index is 1.09. The number of likely N-dealkylation sites (tertiary alicyclic amines) is 2. The first-order valence-electron chi connectivity index (χ1n) is 21.8. The number of carbonyl (C=O) groups is 4. The van der Waals surface area contributed by atoms with Gasteiger partial charge in [0.15, 0.2) is 11.6 Å². The first-order valence-corrected chi connectivity index (χ1v) is 21.8. The second-order valence-electron chi connectivity index (χ2n) is 17.5. The standard InChI is InChI=1S/C46H56FN9O7/c1-24(2)39(52-45(59)60)43(57)54-19-7-9-36(54)41-48-30-14-11-26(21-32(30)50-41)34-16-17-35(56(34)28-13-18-38(62-5)29(47)23-28)27-12-15-31-33(22-27)51-42(49-31)37-10-8-20-55(37)44(58)40(25(3)4)53-46(61)63-6/h11-15,18,21-25,34-37,39-40,52H,7-10,16-17,19-20H2,1-6H3,(H,48,50)(H,49,51)(H,53,61)(H,59,60)/t34-,35-,36+,37+,39+,40?/m1/s1. The zero-order chi connectivity index (χ0) is 44.7. The van der Waals surface area contributed by atoms with Crippen molar-refractivity contribution < 1.29 is 38.1 Å². The fraction of sp³-hybridized carbons (Fsp3) is 0.478. The molecule has 8 rings (SSSR count). The molecule has 0 saturated carbocycles. The number of carboxylic acid groups (broad SMARTS) is 1. The summed E-state index contributed by atoms with van der Waals surface area (Å²) in [5.41, 5.74) is 5.87. The van der Waals surface area contributed by atoms with Gasteiger partial charge in [-0.1, -0.05) is 39.8 Å². The molecule has 3 aliphatic rings. The quantitative estimate of drug-likeness (QED) is 0.0830. The summed E-state index contributed by atoms with van der Waals surface area (Å²) in [5, 5.41) is 14.5. The third-order valence-electron chi connectivity index (χ3n) is 12.9. The predicted molar refractivity (Wildman–Crippen MR) is 234 cm³/mol. The van der Waals surface area contributed by atoms with E-state index in [9.17, 15) is 24.3 Å². The van der Waals surface area contributed by atoms with Crippen molar-refractivity contribution in [3.63, 3.8) is 0 Å². The van der Waals surface area contributed by atoms with E-state index in [0.29, 0.717) is 36.8 Å². The normalized spacial score (nSPS) is 21.1. The summed E-state index contributed by atoms with van der Waals surface area (Å²) in [6, 6.07) is 14.8. The van der Waals surface area contributed by atoms with Crippen LogP contribution in [0.3, 0.4) is 0 Å². The molecular formula is C46H56FN9O7. The maximum atomic E-state index is 15.5. The van der Waals surface area contributed by atoms with E-state index in [2.05, 4.69) is 49.8 Å². The molecule has 5 N–H and O–H groups in total. The molecule has 334 valence electrons. The highest BCUT2D eigenvalue weighted by molar-refractivity contribution is 5.87. The Hall–Kier alpha value is -6.39. The van der Waals surface area contributed by atoms with Gasteiger partial charge in [0.25, 0.3) is 0 Å². The van der Waals surface area contributed by atoms with Crippen LogP contribution in [0.1, 0.15) is 113 Å². The summed E-state index contributed by atoms with van der Waals surface area (Å²) in [7, 11) is 2.72. The lowest BCUT2D eigenvalue weighted by atomic mass is 10.0. The van der Waals surface area contributed by atoms with E-state index in [1.165, 1.54) is 20.3 Å². The number of hydrogen-bond donors (Lipinski definition) is 5. The molecule has 6 atom stereocenters. The van der Waals surface area contributed by atoms with Gasteiger partial charge in [-0.2, -0.15) is 0 Å². The lowest BCUT2D eigenvalue weighted by molar-refractivity contribution is -0.136. The summed E-state index contributed by atoms with van der Waals surface area (Å²) in [4.78, 5) is 73.8. The number of methoxy groups -OCH3 is 2. The van der Waals surface area contributed by atoms with E-state index < -0.39 is 30.1 Å². The average Bonchev–Trinajstić information content (AvgIpc) is 4.12. The molecule has 3 aliphatic heterocycles. The maximum Gasteiger partial charge on any atom is 0.407 e. The van der Waals surface area contributed by atoms with Crippen LogP contribution >= 0.6 is 0 Å². The number of hydrogen-bond acceptors (Lipinski definition) is 9. The lowest BCUT2D eigenvalue weighted by Crippen LogP contribution is -2.51. The largest absolute Gasteiger partial charge is 0.494 e. The minimum atomic E-state index is -1.24. The Bertz CT molecular complexity index is 2520. The Morgan fingerprint density at radius 2 is 1.22 bits per heavy atom. The van der Waals surface area contributed by atoms with E-state index >= 15 is 4.39 Å². The Morgan fingerprint density at radius 1 is 0.714 bits per heavy atom. The highest BCUT2D eigenvalue weighted by Gasteiger charge is 2.40. The first-order chi connectivity index (χ1) is 30.3. The number of aromatic amines is 2. The van der Waals surface area contributed by atoms with Gasteiger partial charge in [0.05, 0.1) is 60.5 Å². The van der Waals surface area contributed by atoms with Gasteiger partial charge in [-0.25, -0.2) is 23.9 Å². The average molecular weight is 866 g/mol. The van der Waals surface area contributed by atoms with Crippen molar-refractivity contribution in [2.45, 2.75) is 102 Å². The molecule has 0 radical (unpaired) electrons. The van der Waals surface area contributed by atoms with Crippen molar-refractivity contribution in [1.82, 2.24) is 40.4 Å². The molecule has 0 aliphatic carbocycles. The van der Waals surface area contributed by atoms with Gasteiger partial charge in [0.1, 0.15) is 23.7 Å². The van der Waals surface area contributed by atoms with Crippen molar-refractivity contribution in [2.75, 3.05) is 32.2 Å². The molecule has 3 aromatic carbocycles. The van der Waals surface area contributed by atoms with Crippen LogP contribution in [-0.4, -0.2) is 98.2 Å². The smallest absolute Gasteiger partial charge is 0.407 e. The summed E-state index contributed by atoms with van der Waals surface area (Å²) < 4.78 is 25.6. The van der Waals surface area contributed by atoms with Gasteiger partial charge in [0.2, 0.25) is 11.8 Å². The third-order valence-corrected chi connectivity index (χ3v) is 12.9. The number of halogens is 1. The summed E-state index contributed by atoms with van der Waals surface area (Å²) in [6.45, 7) is 8.47. The monoisotopic (exact) mass is 865 g/mol. The van der Waals surface area contributed by atoms with Crippen LogP contribution in [0.25, 0.3) is 22.1 Å². The molecule has 0 bridgehead atoms. The molecule has 3 fully saturated rings. The molecule has 0 spiro atoms. The van der Waals surface area contributed by atoms with Gasteiger partial charge < -0.3 is 49.9 Å². The highest BCUT2D eigenvalue weighted by atomic mass is 19.1. The van der Waals surface area contributed by atoms with E-state index in [4.69, 9.17) is 19.4 Å². The van der Waals surface area contributed by atoms with Crippen molar-refractivity contribution in [2.24, 2.45) is 11.8 Å². The first kappa shape index (κ1) is 43.3. The van der Waals surface area contributed by atoms with Gasteiger partial charge >= 0.3 is 12.2 Å². The number of imidazole rings is 2. The maximum absolute atomic E-state index is 15.5. The second-order valence-corrected chi connectivity index (χ2v) is 17.5. The molecule has 17 heteroatoms. The Labute approximate surface area is 364 Å². The van der Waals surface area contributed by atoms with Crippen LogP contribution in [0.2, 0.25) is 0 Å². The number of amides is 4. The number of nitrogens with zero attached hydrogens (tertiary/aromatic N) is 5. The Kier molecular flexibility index (Phi) is 12.2. The molecule has 1 unspecified atom stereocenters. The van der Waals surface area contributed by atoms with Gasteiger partial charge in [-0.3, -0.25) is 9.59 Å². The molecule has 4 amide bonds. The van der Waals surface area contributed by atoms with Gasteiger partial charge in [-0.05, 0) is 97.9 Å². The molecule has 3 saturated heterocycles. The minimum absolute atomic E-state index is 0.140. The van der Waals surface area contributed by atoms with Crippen LogP contribution in [0.15, 0.2) is 54.6 Å². The number of carbonyl (C=O) groups excluding carboxylic acids is 3. The number of nitrogens with one attached hydrogen (secondary N) is 4. The predicted octanol–water partition coefficient (Wildman–Crippen LogP) is 7.67. The van der Waals surface area contributed by atoms with Crippen molar-refractivity contribution in [3.05, 3.63) is 83.2 Å². The molecule has 16 nitrogen and oxygen atoms in total. The summed E-state index contributed by atoms with van der Waals surface area (Å²) >= 11 is 0. The highest BCUT2D eigenvalue weighted by Crippen LogP contribution is 2.48. The topological polar surface area (TPSA) is 198 Å². The van der Waals surface area contributed by atoms with E-state index in [0.717, 1.165) is 65.3 Å². The third kappa shape index (κ3) is 8.44. The molecule has 5 aromatic rings. The number of alkyl carbamates (subject to hydrolysis) is 1. The van der Waals surface area contributed by atoms with Crippen LogP contribution in [-0.2, 0) is 14.3 Å². The zero-order valence-corrected chi connectivity index (χ0v) is 36.5. The SMILES string of the molecule is COC(=O)NC(C(=O)N1CCC[C@H]1c1nc2ccc([C@H]3CC[C@H](c4ccc5nc([C@@H]6CCCN6C(=O)[C@@H](NC(=O)O)C(C)C)[nH]c5c4)N3c3ccc(OC)c(F)c3)cc2[nH]1)C(C)C. The number of ether oxygens (including phenoxy) is 2. The van der Waals surface area contributed by atoms with Gasteiger partial charge in [-0.15, -0.1) is 0 Å². The minimum Gasteiger partial charge on any atom is -0.494 e. The number of aromatic nitrogens is 4. The number of anilines is 1. The van der Waals surface area contributed by atoms with Crippen molar-refractivity contribution in [3.8, 4) is 5.75 Å². The van der Waals surface area contributed by atoms with Crippen LogP contribution in [0, 0.1) is 17.7 Å². The zero-order valence-electron chi connectivity index (χ0n) is 36.5. The number of fused-ring (bicyclic) bond motifs is 2. The van der Waals surface area contributed by atoms with Crippen molar-refractivity contribution in [1.29, 1.82) is 0 Å². The number of rotatable bonds is 12. The van der Waals surface area contributed by atoms with Crippen molar-refractivity contribution >= 4 is 51.8 Å². The van der Waals surface area contributed by atoms with E-state index in [-0.39, 0.29) is 53.6 Å². The summed E-state index contributed by atoms with van der Waals surface area (Å²) in [6.07, 6.45) is 2.65. The number of H-pyrrole nitrogens is 2. The molecule has 63 heavy (non-hydrogen) atoms. The van der Waals surface area contributed by atoms with E-state index in [1.54, 1.807) is 15.9 Å². The second kappa shape index (κ2) is 17.8. The molecule has 2 aromatic heterocycles. The number of benzene rings is 3. The fourth-order valence-electron chi connectivity index (χ4n) is 9.80. The van der Waals surface area contributed by atoms with Crippen LogP contribution < -0.4 is 20.3 Å². The Morgan fingerprint density at radius 3 is 1.67 bits per heavy atom. The van der Waals surface area contributed by atoms with Crippen LogP contribution in [0.5, 0.6) is 5.75 Å². The van der Waals surface area contributed by atoms with E-state index in [1.807, 2.05) is 45.9 Å². The fourth-order valence-corrected chi connectivity index (χ4v) is 9.80. The molecule has 5 heterocycles. The lowest BCUT2D eigenvalue weighted by Gasteiger charge is -2.33. The summed E-state index contributed by atoms with van der Waals surface area (Å²) in [5.74, 6) is 0.200. The molecular weight excluding hydrogens is 810 g/mol.